The quantitative estimate of drug-likeness (QED) is 0.409. The van der Waals surface area contributed by atoms with Crippen LogP contribution in [0.1, 0.15) is 30.7 Å². The van der Waals surface area contributed by atoms with E-state index in [9.17, 15) is 9.59 Å². The van der Waals surface area contributed by atoms with Crippen LogP contribution in [-0.2, 0) is 34.0 Å². The molecule has 0 aliphatic heterocycles. The molecule has 0 bridgehead atoms. The molecule has 0 aliphatic carbocycles. The molecule has 6 heteroatoms. The van der Waals surface area contributed by atoms with Crippen molar-refractivity contribution in [2.45, 2.75) is 33.5 Å². The summed E-state index contributed by atoms with van der Waals surface area (Å²) in [7, 11) is 0. The van der Waals surface area contributed by atoms with Gasteiger partial charge in [-0.25, -0.2) is 0 Å². The molecule has 0 aliphatic rings. The molecule has 2 aromatic carbocycles. The van der Waals surface area contributed by atoms with Crippen molar-refractivity contribution in [1.82, 2.24) is 9.80 Å². The zero-order valence-electron chi connectivity index (χ0n) is 19.4. The van der Waals surface area contributed by atoms with Gasteiger partial charge in [0.25, 0.3) is 0 Å². The first-order valence-corrected chi connectivity index (χ1v) is 11.2. The molecule has 0 saturated heterocycles. The number of rotatable bonds is 12. The van der Waals surface area contributed by atoms with Gasteiger partial charge < -0.3 is 19.0 Å². The number of carbonyl (C=O) groups is 2. The van der Waals surface area contributed by atoms with Crippen molar-refractivity contribution in [2.75, 3.05) is 19.7 Å². The Hall–Kier alpha value is -3.38. The molecule has 6 nitrogen and oxygen atoms in total. The number of furan rings is 1. The summed E-state index contributed by atoms with van der Waals surface area (Å²) in [5.74, 6) is 0.605. The Labute approximate surface area is 195 Å². The molecule has 174 valence electrons. The second kappa shape index (κ2) is 12.6. The van der Waals surface area contributed by atoms with E-state index in [0.29, 0.717) is 32.0 Å². The van der Waals surface area contributed by atoms with Crippen LogP contribution in [-0.4, -0.2) is 41.3 Å². The van der Waals surface area contributed by atoms with Gasteiger partial charge in [0.2, 0.25) is 11.8 Å². The lowest BCUT2D eigenvalue weighted by Crippen LogP contribution is -2.45. The lowest BCUT2D eigenvalue weighted by Gasteiger charge is -2.28. The van der Waals surface area contributed by atoms with E-state index in [1.54, 1.807) is 22.1 Å². The average molecular weight is 449 g/mol. The number of benzene rings is 2. The molecule has 0 fully saturated rings. The highest BCUT2D eigenvalue weighted by Crippen LogP contribution is 2.12. The zero-order valence-corrected chi connectivity index (χ0v) is 19.4. The maximum Gasteiger partial charge on any atom is 0.249 e. The first kappa shape index (κ1) is 24.3. The van der Waals surface area contributed by atoms with E-state index in [-0.39, 0.29) is 30.9 Å². The maximum atomic E-state index is 13.3. The van der Waals surface area contributed by atoms with Crippen LogP contribution in [0.4, 0.5) is 0 Å². The van der Waals surface area contributed by atoms with E-state index in [4.69, 9.17) is 9.15 Å². The lowest BCUT2D eigenvalue weighted by atomic mass is 10.2. The van der Waals surface area contributed by atoms with E-state index < -0.39 is 0 Å². The van der Waals surface area contributed by atoms with Gasteiger partial charge in [-0.1, -0.05) is 74.5 Å². The summed E-state index contributed by atoms with van der Waals surface area (Å²) in [5.41, 5.74) is 2.02. The maximum absolute atomic E-state index is 13.3. The van der Waals surface area contributed by atoms with Crippen LogP contribution in [0.2, 0.25) is 0 Å². The highest BCUT2D eigenvalue weighted by molar-refractivity contribution is 5.85. The summed E-state index contributed by atoms with van der Waals surface area (Å²) in [4.78, 5) is 29.5. The average Bonchev–Trinajstić information content (AvgIpc) is 3.32. The minimum Gasteiger partial charge on any atom is -0.467 e. The number of hydrogen-bond acceptors (Lipinski definition) is 4. The lowest BCUT2D eigenvalue weighted by molar-refractivity contribution is -0.144. The van der Waals surface area contributed by atoms with Crippen LogP contribution in [0.25, 0.3) is 0 Å². The van der Waals surface area contributed by atoms with Crippen LogP contribution in [0.3, 0.4) is 0 Å². The number of nitrogens with zero attached hydrogens (tertiary/aromatic N) is 2. The Kier molecular flexibility index (Phi) is 9.27. The van der Waals surface area contributed by atoms with E-state index in [1.165, 1.54) is 0 Å². The van der Waals surface area contributed by atoms with E-state index >= 15 is 0 Å². The highest BCUT2D eigenvalue weighted by atomic mass is 16.5. The molecule has 0 atom stereocenters. The summed E-state index contributed by atoms with van der Waals surface area (Å²) in [6, 6.07) is 23.2. The number of hydrogen-bond donors (Lipinski definition) is 0. The fraction of sp³-hybridized carbons (Fsp3) is 0.333. The first-order valence-electron chi connectivity index (χ1n) is 11.2. The minimum absolute atomic E-state index is 0.000742. The fourth-order valence-electron chi connectivity index (χ4n) is 3.51. The van der Waals surface area contributed by atoms with Crippen LogP contribution >= 0.6 is 0 Å². The summed E-state index contributed by atoms with van der Waals surface area (Å²) < 4.78 is 11.1. The summed E-state index contributed by atoms with van der Waals surface area (Å²) >= 11 is 0. The van der Waals surface area contributed by atoms with Crippen LogP contribution in [0, 0.1) is 5.92 Å². The van der Waals surface area contributed by atoms with E-state index in [2.05, 4.69) is 0 Å². The van der Waals surface area contributed by atoms with Crippen molar-refractivity contribution in [3.8, 4) is 0 Å². The van der Waals surface area contributed by atoms with Gasteiger partial charge in [0.05, 0.1) is 26.0 Å². The zero-order chi connectivity index (χ0) is 23.5. The molecule has 0 spiro atoms. The monoisotopic (exact) mass is 448 g/mol. The highest BCUT2D eigenvalue weighted by Gasteiger charge is 2.23. The van der Waals surface area contributed by atoms with Crippen LogP contribution in [0.5, 0.6) is 0 Å². The van der Waals surface area contributed by atoms with Gasteiger partial charge in [-0.3, -0.25) is 9.59 Å². The molecular weight excluding hydrogens is 416 g/mol. The van der Waals surface area contributed by atoms with Gasteiger partial charge in [-0.2, -0.15) is 0 Å². The molecule has 1 aromatic heterocycles. The fourth-order valence-corrected chi connectivity index (χ4v) is 3.51. The second-order valence-electron chi connectivity index (χ2n) is 8.46. The predicted octanol–water partition coefficient (Wildman–Crippen LogP) is 4.51. The summed E-state index contributed by atoms with van der Waals surface area (Å²) in [5, 5.41) is 0. The van der Waals surface area contributed by atoms with Crippen molar-refractivity contribution in [1.29, 1.82) is 0 Å². The van der Waals surface area contributed by atoms with Gasteiger partial charge in [-0.15, -0.1) is 0 Å². The Morgan fingerprint density at radius 2 is 1.48 bits per heavy atom. The van der Waals surface area contributed by atoms with Crippen molar-refractivity contribution in [3.05, 3.63) is 95.9 Å². The Bertz CT molecular complexity index is 972. The van der Waals surface area contributed by atoms with Gasteiger partial charge in [0.1, 0.15) is 12.4 Å². The van der Waals surface area contributed by atoms with Gasteiger partial charge in [-0.05, 0) is 29.2 Å². The SMILES string of the molecule is CC(C)CN(CC(=O)N(Cc1ccccc1)Cc1ccco1)C(=O)COCc1ccccc1. The van der Waals surface area contributed by atoms with Crippen molar-refractivity contribution >= 4 is 11.8 Å². The molecule has 2 amide bonds. The number of ether oxygens (including phenoxy) is 1. The molecule has 1 heterocycles. The molecule has 33 heavy (non-hydrogen) atoms. The molecule has 3 aromatic rings. The van der Waals surface area contributed by atoms with Crippen molar-refractivity contribution in [2.24, 2.45) is 5.92 Å². The smallest absolute Gasteiger partial charge is 0.249 e. The summed E-state index contributed by atoms with van der Waals surface area (Å²) in [6.07, 6.45) is 1.60. The topological polar surface area (TPSA) is 63.0 Å². The summed E-state index contributed by atoms with van der Waals surface area (Å²) in [6.45, 7) is 5.61. The van der Waals surface area contributed by atoms with Crippen LogP contribution < -0.4 is 0 Å². The molecule has 0 radical (unpaired) electrons. The van der Waals surface area contributed by atoms with Crippen LogP contribution in [0.15, 0.2) is 83.5 Å². The largest absolute Gasteiger partial charge is 0.467 e. The Morgan fingerprint density at radius 1 is 0.818 bits per heavy atom. The molecular formula is C27H32N2O4. The third-order valence-corrected chi connectivity index (χ3v) is 5.10. The van der Waals surface area contributed by atoms with Gasteiger partial charge >= 0.3 is 0 Å². The molecule has 0 unspecified atom stereocenters. The molecule has 0 N–H and O–H groups in total. The number of carbonyl (C=O) groups excluding carboxylic acids is 2. The third-order valence-electron chi connectivity index (χ3n) is 5.10. The second-order valence-corrected chi connectivity index (χ2v) is 8.46. The van der Waals surface area contributed by atoms with E-state index in [0.717, 1.165) is 11.1 Å². The minimum atomic E-state index is -0.189. The Balaban J connectivity index is 1.64. The van der Waals surface area contributed by atoms with Gasteiger partial charge in [0, 0.05) is 13.1 Å². The Morgan fingerprint density at radius 3 is 2.09 bits per heavy atom. The first-order chi connectivity index (χ1) is 16.0. The number of amides is 2. The predicted molar refractivity (Wildman–Crippen MR) is 127 cm³/mol. The van der Waals surface area contributed by atoms with Crippen molar-refractivity contribution in [3.63, 3.8) is 0 Å². The van der Waals surface area contributed by atoms with Crippen molar-refractivity contribution < 1.29 is 18.7 Å². The standard InChI is InChI=1S/C27H32N2O4/c1-22(2)16-28(27(31)21-32-20-24-12-7-4-8-13-24)19-26(30)29(18-25-14-9-15-33-25)17-23-10-5-3-6-11-23/h3-15,22H,16-21H2,1-2H3. The normalized spacial score (nSPS) is 10.9. The molecule has 3 rings (SSSR count). The molecule has 0 saturated carbocycles. The van der Waals surface area contributed by atoms with Gasteiger partial charge in [0.15, 0.2) is 0 Å². The third kappa shape index (κ3) is 8.24. The van der Waals surface area contributed by atoms with E-state index in [1.807, 2.05) is 80.6 Å².